The Balaban J connectivity index is 1.41. The molecule has 1 amide bonds. The van der Waals surface area contributed by atoms with E-state index in [0.717, 1.165) is 53.3 Å². The van der Waals surface area contributed by atoms with Crippen LogP contribution < -0.4 is 10.2 Å². The molecular formula is C21H24ClN5OS. The summed E-state index contributed by atoms with van der Waals surface area (Å²) < 4.78 is 0. The summed E-state index contributed by atoms with van der Waals surface area (Å²) in [5.41, 5.74) is 2.76. The normalized spacial score (nSPS) is 16.2. The van der Waals surface area contributed by atoms with Crippen LogP contribution in [0.5, 0.6) is 0 Å². The molecular weight excluding hydrogens is 406 g/mol. The van der Waals surface area contributed by atoms with Gasteiger partial charge in [0.05, 0.1) is 22.1 Å². The Kier molecular flexibility index (Phi) is 5.72. The van der Waals surface area contributed by atoms with Gasteiger partial charge in [-0.2, -0.15) is 0 Å². The van der Waals surface area contributed by atoms with Crippen molar-refractivity contribution < 1.29 is 4.79 Å². The molecule has 3 heterocycles. The minimum atomic E-state index is -0.236. The molecule has 1 unspecified atom stereocenters. The molecule has 0 radical (unpaired) electrons. The molecule has 1 aliphatic heterocycles. The van der Waals surface area contributed by atoms with Crippen LogP contribution in [0.1, 0.15) is 18.1 Å². The zero-order chi connectivity index (χ0) is 20.5. The molecule has 3 aromatic rings. The van der Waals surface area contributed by atoms with Crippen LogP contribution in [0.2, 0.25) is 5.02 Å². The fraction of sp³-hybridized carbons (Fsp3) is 0.381. The summed E-state index contributed by atoms with van der Waals surface area (Å²) in [6, 6.07) is 5.74. The van der Waals surface area contributed by atoms with E-state index in [1.54, 1.807) is 17.7 Å². The number of benzene rings is 1. The van der Waals surface area contributed by atoms with Gasteiger partial charge in [0.25, 0.3) is 0 Å². The number of nitrogens with one attached hydrogen (secondary N) is 1. The van der Waals surface area contributed by atoms with Crippen molar-refractivity contribution in [3.63, 3.8) is 0 Å². The second-order valence-corrected chi connectivity index (χ2v) is 8.77. The molecule has 0 spiro atoms. The van der Waals surface area contributed by atoms with E-state index in [1.165, 1.54) is 0 Å². The Labute approximate surface area is 179 Å². The summed E-state index contributed by atoms with van der Waals surface area (Å²) in [6.07, 6.45) is 1.63. The number of anilines is 2. The highest BCUT2D eigenvalue weighted by Gasteiger charge is 2.27. The number of aromatic nitrogens is 2. The van der Waals surface area contributed by atoms with Crippen LogP contribution in [0, 0.1) is 13.8 Å². The third-order valence-corrected chi connectivity index (χ3v) is 6.58. The average Bonchev–Trinajstić information content (AvgIpc) is 3.19. The van der Waals surface area contributed by atoms with Gasteiger partial charge < -0.3 is 10.2 Å². The predicted molar refractivity (Wildman–Crippen MR) is 120 cm³/mol. The van der Waals surface area contributed by atoms with E-state index in [2.05, 4.69) is 31.2 Å². The lowest BCUT2D eigenvalue weighted by atomic mass is 10.1. The van der Waals surface area contributed by atoms with Crippen molar-refractivity contribution in [2.24, 2.45) is 0 Å². The minimum absolute atomic E-state index is 0.0328. The molecule has 6 nitrogen and oxygen atoms in total. The number of fused-ring (bicyclic) bond motifs is 1. The minimum Gasteiger partial charge on any atom is -0.353 e. The van der Waals surface area contributed by atoms with E-state index in [1.807, 2.05) is 38.3 Å². The maximum absolute atomic E-state index is 12.8. The lowest BCUT2D eigenvalue weighted by Gasteiger charge is -2.38. The van der Waals surface area contributed by atoms with Crippen LogP contribution in [-0.2, 0) is 4.79 Å². The first-order valence-corrected chi connectivity index (χ1v) is 10.9. The van der Waals surface area contributed by atoms with Gasteiger partial charge in [-0.25, -0.2) is 9.97 Å². The first-order chi connectivity index (χ1) is 13.9. The number of rotatable bonds is 4. The smallest absolute Gasteiger partial charge is 0.241 e. The maximum Gasteiger partial charge on any atom is 0.241 e. The molecule has 1 fully saturated rings. The van der Waals surface area contributed by atoms with E-state index >= 15 is 0 Å². The zero-order valence-electron chi connectivity index (χ0n) is 16.8. The topological polar surface area (TPSA) is 61.4 Å². The first kappa shape index (κ1) is 20.1. The molecule has 8 heteroatoms. The number of carbonyl (C=O) groups excluding carboxylic acids is 1. The third kappa shape index (κ3) is 4.08. The molecule has 1 atom stereocenters. The number of halogens is 1. The highest BCUT2D eigenvalue weighted by Crippen LogP contribution is 2.29. The van der Waals surface area contributed by atoms with Crippen molar-refractivity contribution >= 4 is 50.6 Å². The van der Waals surface area contributed by atoms with Crippen LogP contribution in [0.3, 0.4) is 0 Å². The van der Waals surface area contributed by atoms with Gasteiger partial charge in [0, 0.05) is 26.2 Å². The van der Waals surface area contributed by atoms with Gasteiger partial charge in [-0.1, -0.05) is 17.7 Å². The number of hydrogen-bond donors (Lipinski definition) is 1. The van der Waals surface area contributed by atoms with Crippen molar-refractivity contribution in [2.45, 2.75) is 26.8 Å². The molecule has 1 aromatic carbocycles. The number of nitrogens with zero attached hydrogens (tertiary/aromatic N) is 4. The molecule has 152 valence electrons. The van der Waals surface area contributed by atoms with Gasteiger partial charge in [-0.3, -0.25) is 9.69 Å². The van der Waals surface area contributed by atoms with Crippen molar-refractivity contribution in [2.75, 3.05) is 36.4 Å². The number of amides is 1. The fourth-order valence-electron chi connectivity index (χ4n) is 3.82. The lowest BCUT2D eigenvalue weighted by molar-refractivity contribution is -0.120. The highest BCUT2D eigenvalue weighted by molar-refractivity contribution is 7.16. The number of carbonyl (C=O) groups is 1. The second kappa shape index (κ2) is 8.26. The Hall–Kier alpha value is -2.22. The lowest BCUT2D eigenvalue weighted by Crippen LogP contribution is -2.53. The van der Waals surface area contributed by atoms with Crippen molar-refractivity contribution in [3.05, 3.63) is 46.1 Å². The number of aryl methyl sites for hydroxylation is 2. The van der Waals surface area contributed by atoms with Gasteiger partial charge in [-0.15, -0.1) is 11.3 Å². The molecule has 1 aliphatic rings. The molecule has 1 saturated heterocycles. The quantitative estimate of drug-likeness (QED) is 0.676. The third-order valence-electron chi connectivity index (χ3n) is 5.46. The number of piperazine rings is 1. The Morgan fingerprint density at radius 1 is 1.21 bits per heavy atom. The standard InChI is InChI=1S/C21H24ClN5OS/c1-13-10-14(2)18(17(22)11-13)25-20(28)15(3)26-5-7-27(8-6-26)19-16-4-9-29-21(16)24-12-23-19/h4,9-12,15H,5-8H2,1-3H3,(H,25,28). The van der Waals surface area contributed by atoms with E-state index in [0.29, 0.717) is 10.7 Å². The van der Waals surface area contributed by atoms with E-state index in [4.69, 9.17) is 11.6 Å². The van der Waals surface area contributed by atoms with Crippen LogP contribution in [0.25, 0.3) is 10.2 Å². The van der Waals surface area contributed by atoms with Gasteiger partial charge in [-0.05, 0) is 49.4 Å². The van der Waals surface area contributed by atoms with E-state index in [9.17, 15) is 4.79 Å². The fourth-order valence-corrected chi connectivity index (χ4v) is 4.91. The average molecular weight is 430 g/mol. The molecule has 0 bridgehead atoms. The largest absolute Gasteiger partial charge is 0.353 e. The summed E-state index contributed by atoms with van der Waals surface area (Å²) in [6.45, 7) is 9.15. The monoisotopic (exact) mass is 429 g/mol. The second-order valence-electron chi connectivity index (χ2n) is 7.46. The number of thiophene rings is 1. The molecule has 4 rings (SSSR count). The summed E-state index contributed by atoms with van der Waals surface area (Å²) in [5, 5.41) is 6.74. The summed E-state index contributed by atoms with van der Waals surface area (Å²) in [5.74, 6) is 0.949. The summed E-state index contributed by atoms with van der Waals surface area (Å²) in [7, 11) is 0. The molecule has 29 heavy (non-hydrogen) atoms. The van der Waals surface area contributed by atoms with Crippen LogP contribution in [-0.4, -0.2) is 53.0 Å². The Morgan fingerprint density at radius 3 is 2.69 bits per heavy atom. The van der Waals surface area contributed by atoms with Gasteiger partial charge in [0.2, 0.25) is 5.91 Å². The molecule has 1 N–H and O–H groups in total. The van der Waals surface area contributed by atoms with Crippen molar-refractivity contribution in [1.29, 1.82) is 0 Å². The highest BCUT2D eigenvalue weighted by atomic mass is 35.5. The van der Waals surface area contributed by atoms with Gasteiger partial charge >= 0.3 is 0 Å². The van der Waals surface area contributed by atoms with Crippen LogP contribution >= 0.6 is 22.9 Å². The van der Waals surface area contributed by atoms with E-state index in [-0.39, 0.29) is 11.9 Å². The molecule has 0 aliphatic carbocycles. The van der Waals surface area contributed by atoms with Crippen molar-refractivity contribution in [3.8, 4) is 0 Å². The van der Waals surface area contributed by atoms with Gasteiger partial charge in [0.1, 0.15) is 17.0 Å². The predicted octanol–water partition coefficient (Wildman–Crippen LogP) is 4.11. The van der Waals surface area contributed by atoms with Crippen LogP contribution in [0.4, 0.5) is 11.5 Å². The van der Waals surface area contributed by atoms with Gasteiger partial charge in [0.15, 0.2) is 0 Å². The molecule has 2 aromatic heterocycles. The summed E-state index contributed by atoms with van der Waals surface area (Å²) >= 11 is 7.98. The first-order valence-electron chi connectivity index (χ1n) is 9.69. The maximum atomic E-state index is 12.8. The number of hydrogen-bond acceptors (Lipinski definition) is 6. The summed E-state index contributed by atoms with van der Waals surface area (Å²) in [4.78, 5) is 27.2. The Bertz CT molecular complexity index is 1020. The van der Waals surface area contributed by atoms with Crippen LogP contribution in [0.15, 0.2) is 29.9 Å². The Morgan fingerprint density at radius 2 is 1.97 bits per heavy atom. The zero-order valence-corrected chi connectivity index (χ0v) is 18.3. The van der Waals surface area contributed by atoms with Crippen molar-refractivity contribution in [1.82, 2.24) is 14.9 Å². The van der Waals surface area contributed by atoms with E-state index < -0.39 is 0 Å². The molecule has 0 saturated carbocycles. The SMILES string of the molecule is Cc1cc(C)c(NC(=O)C(C)N2CCN(c3ncnc4sccc34)CC2)c(Cl)c1.